The van der Waals surface area contributed by atoms with E-state index in [4.69, 9.17) is 46.4 Å². The fourth-order valence-electron chi connectivity index (χ4n) is 1.60. The van der Waals surface area contributed by atoms with Gasteiger partial charge in [-0.3, -0.25) is 14.8 Å². The highest BCUT2D eigenvalue weighted by Crippen LogP contribution is 2.34. The minimum Gasteiger partial charge on any atom is -0.278 e. The molecule has 11 heteroatoms. The van der Waals surface area contributed by atoms with E-state index in [1.54, 1.807) is 0 Å². The average molecular weight is 416 g/mol. The average Bonchev–Trinajstić information content (AvgIpc) is 2.44. The van der Waals surface area contributed by atoms with E-state index in [-0.39, 0.29) is 30.7 Å². The maximum atomic E-state index is 12.3. The van der Waals surface area contributed by atoms with Crippen LogP contribution in [0, 0.1) is 10.1 Å². The number of benzene rings is 2. The molecule has 2 aromatic carbocycles. The van der Waals surface area contributed by atoms with Gasteiger partial charge in [-0.2, -0.15) is 0 Å². The molecule has 0 aliphatic heterocycles. The van der Waals surface area contributed by atoms with Crippen molar-refractivity contribution in [2.75, 3.05) is 4.72 Å². The Labute approximate surface area is 151 Å². The molecule has 0 amide bonds. The molecule has 122 valence electrons. The largest absolute Gasteiger partial charge is 0.289 e. The summed E-state index contributed by atoms with van der Waals surface area (Å²) >= 11 is 23.1. The summed E-state index contributed by atoms with van der Waals surface area (Å²) in [7, 11) is -4.14. The van der Waals surface area contributed by atoms with E-state index in [9.17, 15) is 18.5 Å². The van der Waals surface area contributed by atoms with E-state index in [0.717, 1.165) is 18.2 Å². The van der Waals surface area contributed by atoms with Gasteiger partial charge in [0.2, 0.25) is 0 Å². The van der Waals surface area contributed by atoms with Gasteiger partial charge in [-0.1, -0.05) is 46.4 Å². The number of halogens is 4. The molecule has 0 aliphatic rings. The second-order valence-electron chi connectivity index (χ2n) is 4.22. The van der Waals surface area contributed by atoms with Gasteiger partial charge >= 0.3 is 0 Å². The molecule has 0 radical (unpaired) electrons. The van der Waals surface area contributed by atoms with Gasteiger partial charge in [0.15, 0.2) is 0 Å². The van der Waals surface area contributed by atoms with Crippen molar-refractivity contribution >= 4 is 67.8 Å². The molecule has 0 aromatic heterocycles. The van der Waals surface area contributed by atoms with Crippen LogP contribution in [0.4, 0.5) is 11.4 Å². The minimum atomic E-state index is -4.14. The molecule has 0 fully saturated rings. The van der Waals surface area contributed by atoms with Crippen LogP contribution in [0.2, 0.25) is 20.1 Å². The van der Waals surface area contributed by atoms with Crippen LogP contribution in [0.3, 0.4) is 0 Å². The molecular weight excluding hydrogens is 410 g/mol. The van der Waals surface area contributed by atoms with E-state index < -0.39 is 20.6 Å². The van der Waals surface area contributed by atoms with E-state index >= 15 is 0 Å². The van der Waals surface area contributed by atoms with Gasteiger partial charge in [0.1, 0.15) is 5.02 Å². The van der Waals surface area contributed by atoms with Crippen LogP contribution in [-0.4, -0.2) is 13.3 Å². The number of nitro groups is 1. The van der Waals surface area contributed by atoms with Gasteiger partial charge in [0.25, 0.3) is 15.7 Å². The molecule has 2 rings (SSSR count). The second kappa shape index (κ2) is 6.70. The third-order valence-corrected chi connectivity index (χ3v) is 5.40. The van der Waals surface area contributed by atoms with Crippen molar-refractivity contribution in [1.82, 2.24) is 0 Å². The van der Waals surface area contributed by atoms with Crippen molar-refractivity contribution in [2.45, 2.75) is 4.90 Å². The van der Waals surface area contributed by atoms with Crippen LogP contribution in [0.15, 0.2) is 35.2 Å². The van der Waals surface area contributed by atoms with Crippen molar-refractivity contribution in [3.63, 3.8) is 0 Å². The van der Waals surface area contributed by atoms with Gasteiger partial charge in [0.05, 0.1) is 30.6 Å². The number of anilines is 1. The highest BCUT2D eigenvalue weighted by Gasteiger charge is 2.22. The lowest BCUT2D eigenvalue weighted by Crippen LogP contribution is -2.13. The molecular formula is C12H6Cl4N2O4S. The first-order chi connectivity index (χ1) is 10.6. The van der Waals surface area contributed by atoms with Crippen molar-refractivity contribution < 1.29 is 13.3 Å². The van der Waals surface area contributed by atoms with Gasteiger partial charge < -0.3 is 0 Å². The fraction of sp³-hybridized carbons (Fsp3) is 0. The first-order valence-corrected chi connectivity index (χ1v) is 8.72. The lowest BCUT2D eigenvalue weighted by atomic mass is 10.3. The Morgan fingerprint density at radius 1 is 0.913 bits per heavy atom. The van der Waals surface area contributed by atoms with Gasteiger partial charge in [-0.25, -0.2) is 8.42 Å². The van der Waals surface area contributed by atoms with E-state index in [0.29, 0.717) is 0 Å². The number of nitro benzene ring substituents is 1. The molecule has 0 aliphatic carbocycles. The summed E-state index contributed by atoms with van der Waals surface area (Å²) in [4.78, 5) is 9.71. The third-order valence-electron chi connectivity index (χ3n) is 2.68. The van der Waals surface area contributed by atoms with Crippen molar-refractivity contribution in [3.05, 3.63) is 60.5 Å². The summed E-state index contributed by atoms with van der Waals surface area (Å²) in [6.45, 7) is 0. The Morgan fingerprint density at radius 2 is 1.52 bits per heavy atom. The zero-order valence-electron chi connectivity index (χ0n) is 10.9. The Bertz CT molecular complexity index is 902. The van der Waals surface area contributed by atoms with Gasteiger partial charge in [0, 0.05) is 6.07 Å². The first-order valence-electron chi connectivity index (χ1n) is 5.73. The molecule has 0 atom stereocenters. The van der Waals surface area contributed by atoms with Crippen molar-refractivity contribution in [3.8, 4) is 0 Å². The van der Waals surface area contributed by atoms with Crippen LogP contribution in [0.25, 0.3) is 0 Å². The molecule has 1 N–H and O–H groups in total. The molecule has 2 aromatic rings. The van der Waals surface area contributed by atoms with Crippen LogP contribution in [0.5, 0.6) is 0 Å². The summed E-state index contributed by atoms with van der Waals surface area (Å²) in [5, 5.41) is 10.9. The normalized spacial score (nSPS) is 11.3. The monoisotopic (exact) mass is 414 g/mol. The Kier molecular flexibility index (Phi) is 5.27. The van der Waals surface area contributed by atoms with Crippen molar-refractivity contribution in [1.29, 1.82) is 0 Å². The molecule has 0 unspecified atom stereocenters. The van der Waals surface area contributed by atoms with Crippen LogP contribution < -0.4 is 4.72 Å². The highest BCUT2D eigenvalue weighted by atomic mass is 35.5. The third kappa shape index (κ3) is 3.99. The molecule has 0 heterocycles. The summed E-state index contributed by atoms with van der Waals surface area (Å²) in [5.41, 5.74) is -0.548. The summed E-state index contributed by atoms with van der Waals surface area (Å²) in [6, 6.07) is 5.59. The first kappa shape index (κ1) is 18.1. The number of nitrogens with one attached hydrogen (secondary N) is 1. The van der Waals surface area contributed by atoms with Gasteiger partial charge in [-0.05, 0) is 24.3 Å². The zero-order valence-corrected chi connectivity index (χ0v) is 14.7. The predicted octanol–water partition coefficient (Wildman–Crippen LogP) is 5.01. The Hall–Kier alpha value is -1.25. The topological polar surface area (TPSA) is 89.3 Å². The maximum absolute atomic E-state index is 12.3. The molecule has 23 heavy (non-hydrogen) atoms. The van der Waals surface area contributed by atoms with E-state index in [1.165, 1.54) is 12.1 Å². The van der Waals surface area contributed by atoms with Crippen molar-refractivity contribution in [2.24, 2.45) is 0 Å². The standard InChI is InChI=1S/C12H6Cl4N2O4S/c13-7-2-1-6(3-12(7)18(19)20)23(21,22)17-11-5-9(15)8(14)4-10(11)16/h1-5,17H. The smallest absolute Gasteiger partial charge is 0.278 e. The summed E-state index contributed by atoms with van der Waals surface area (Å²) < 4.78 is 26.8. The van der Waals surface area contributed by atoms with Gasteiger partial charge in [-0.15, -0.1) is 0 Å². The SMILES string of the molecule is O=[N+]([O-])c1cc(S(=O)(=O)Nc2cc(Cl)c(Cl)cc2Cl)ccc1Cl. The van der Waals surface area contributed by atoms with E-state index in [1.807, 2.05) is 0 Å². The quantitative estimate of drug-likeness (QED) is 0.431. The number of hydrogen-bond acceptors (Lipinski definition) is 4. The van der Waals surface area contributed by atoms with Crippen LogP contribution in [-0.2, 0) is 10.0 Å². The second-order valence-corrected chi connectivity index (χ2v) is 7.53. The molecule has 0 spiro atoms. The lowest BCUT2D eigenvalue weighted by molar-refractivity contribution is -0.384. The Balaban J connectivity index is 2.46. The van der Waals surface area contributed by atoms with Crippen LogP contribution >= 0.6 is 46.4 Å². The minimum absolute atomic E-state index is 0.0151. The summed E-state index contributed by atoms with van der Waals surface area (Å²) in [5.74, 6) is 0. The number of hydrogen-bond donors (Lipinski definition) is 1. The van der Waals surface area contributed by atoms with E-state index in [2.05, 4.69) is 4.72 Å². The Morgan fingerprint density at radius 3 is 2.13 bits per heavy atom. The number of nitrogens with zero attached hydrogens (tertiary/aromatic N) is 1. The predicted molar refractivity (Wildman–Crippen MR) is 90.4 cm³/mol. The number of rotatable bonds is 4. The maximum Gasteiger partial charge on any atom is 0.289 e. The highest BCUT2D eigenvalue weighted by molar-refractivity contribution is 7.92. The number of sulfonamides is 1. The van der Waals surface area contributed by atoms with Crippen LogP contribution in [0.1, 0.15) is 0 Å². The zero-order chi connectivity index (χ0) is 17.4. The molecule has 6 nitrogen and oxygen atoms in total. The molecule has 0 bridgehead atoms. The molecule has 0 saturated carbocycles. The lowest BCUT2D eigenvalue weighted by Gasteiger charge is -2.11. The molecule has 0 saturated heterocycles. The fourth-order valence-corrected chi connectivity index (χ4v) is 3.53. The summed E-state index contributed by atoms with van der Waals surface area (Å²) in [6.07, 6.45) is 0.